The number of likely N-dealkylation sites (tertiary alicyclic amines) is 1. The van der Waals surface area contributed by atoms with E-state index >= 15 is 0 Å². The van der Waals surface area contributed by atoms with Gasteiger partial charge >= 0.3 is 0 Å². The first kappa shape index (κ1) is 17.4. The summed E-state index contributed by atoms with van der Waals surface area (Å²) in [6.45, 7) is 1.32. The molecule has 1 saturated heterocycles. The molecule has 2 aromatic rings. The Morgan fingerprint density at radius 1 is 1.07 bits per heavy atom. The molecular formula is C21H22N2O4. The monoisotopic (exact) mass is 366 g/mol. The van der Waals surface area contributed by atoms with Crippen molar-refractivity contribution in [1.29, 1.82) is 0 Å². The molecule has 4 rings (SSSR count). The molecule has 0 radical (unpaired) electrons. The first-order chi connectivity index (χ1) is 13.2. The van der Waals surface area contributed by atoms with Crippen LogP contribution < -0.4 is 14.8 Å². The van der Waals surface area contributed by atoms with Gasteiger partial charge in [0.1, 0.15) is 6.04 Å². The Hall–Kier alpha value is -3.02. The highest BCUT2D eigenvalue weighted by molar-refractivity contribution is 5.98. The number of carbonyl (C=O) groups excluding carboxylic acids is 2. The van der Waals surface area contributed by atoms with Gasteiger partial charge in [-0.1, -0.05) is 30.3 Å². The van der Waals surface area contributed by atoms with Crippen LogP contribution in [0.25, 0.3) is 0 Å². The van der Waals surface area contributed by atoms with Crippen LogP contribution in [0.3, 0.4) is 0 Å². The number of benzene rings is 2. The molecule has 2 aromatic carbocycles. The van der Waals surface area contributed by atoms with Gasteiger partial charge in [0.05, 0.1) is 0 Å². The van der Waals surface area contributed by atoms with E-state index in [-0.39, 0.29) is 18.6 Å². The summed E-state index contributed by atoms with van der Waals surface area (Å²) < 4.78 is 10.6. The molecule has 2 aliphatic rings. The second-order valence-corrected chi connectivity index (χ2v) is 6.75. The van der Waals surface area contributed by atoms with E-state index in [0.29, 0.717) is 36.6 Å². The average molecular weight is 366 g/mol. The van der Waals surface area contributed by atoms with Crippen LogP contribution in [0.2, 0.25) is 0 Å². The SMILES string of the molecule is O=C(NCCc1ccccc1)[C@H]1CCCN1C(=O)c1ccc2c(c1)OCO2. The van der Waals surface area contributed by atoms with E-state index in [1.807, 2.05) is 30.3 Å². The quantitative estimate of drug-likeness (QED) is 0.882. The molecule has 1 fully saturated rings. The van der Waals surface area contributed by atoms with Crippen molar-refractivity contribution in [3.8, 4) is 11.5 Å². The summed E-state index contributed by atoms with van der Waals surface area (Å²) in [5.41, 5.74) is 1.70. The number of amides is 2. The minimum absolute atomic E-state index is 0.0856. The van der Waals surface area contributed by atoms with E-state index in [1.165, 1.54) is 5.56 Å². The molecule has 2 aliphatic heterocycles. The smallest absolute Gasteiger partial charge is 0.254 e. The van der Waals surface area contributed by atoms with E-state index in [4.69, 9.17) is 9.47 Å². The fourth-order valence-corrected chi connectivity index (χ4v) is 3.57. The highest BCUT2D eigenvalue weighted by Gasteiger charge is 2.34. The van der Waals surface area contributed by atoms with E-state index in [9.17, 15) is 9.59 Å². The molecule has 1 N–H and O–H groups in total. The van der Waals surface area contributed by atoms with E-state index in [2.05, 4.69) is 5.32 Å². The summed E-state index contributed by atoms with van der Waals surface area (Å²) in [7, 11) is 0. The minimum atomic E-state index is -0.418. The van der Waals surface area contributed by atoms with Crippen molar-refractivity contribution >= 4 is 11.8 Å². The van der Waals surface area contributed by atoms with E-state index in [1.54, 1.807) is 23.1 Å². The Morgan fingerprint density at radius 3 is 2.74 bits per heavy atom. The summed E-state index contributed by atoms with van der Waals surface area (Å²) in [4.78, 5) is 27.2. The van der Waals surface area contributed by atoms with Gasteiger partial charge in [-0.05, 0) is 43.0 Å². The lowest BCUT2D eigenvalue weighted by Crippen LogP contribution is -2.46. The molecule has 6 nitrogen and oxygen atoms in total. The number of ether oxygens (including phenoxy) is 2. The van der Waals surface area contributed by atoms with E-state index in [0.717, 1.165) is 12.8 Å². The molecule has 0 aliphatic carbocycles. The molecule has 0 bridgehead atoms. The normalized spacial score (nSPS) is 17.8. The van der Waals surface area contributed by atoms with Gasteiger partial charge < -0.3 is 19.7 Å². The predicted molar refractivity (Wildman–Crippen MR) is 99.8 cm³/mol. The maximum atomic E-state index is 12.9. The van der Waals surface area contributed by atoms with Crippen LogP contribution in [0.15, 0.2) is 48.5 Å². The van der Waals surface area contributed by atoms with Gasteiger partial charge in [0, 0.05) is 18.7 Å². The predicted octanol–water partition coefficient (Wildman–Crippen LogP) is 2.38. The Balaban J connectivity index is 1.38. The maximum Gasteiger partial charge on any atom is 0.254 e. The van der Waals surface area contributed by atoms with E-state index < -0.39 is 6.04 Å². The zero-order chi connectivity index (χ0) is 18.6. The molecule has 2 amide bonds. The van der Waals surface area contributed by atoms with Gasteiger partial charge in [-0.3, -0.25) is 9.59 Å². The Morgan fingerprint density at radius 2 is 1.89 bits per heavy atom. The van der Waals surface area contributed by atoms with Crippen molar-refractivity contribution in [2.24, 2.45) is 0 Å². The first-order valence-corrected chi connectivity index (χ1v) is 9.24. The van der Waals surface area contributed by atoms with Crippen LogP contribution in [0.5, 0.6) is 11.5 Å². The van der Waals surface area contributed by atoms with Crippen molar-refractivity contribution in [1.82, 2.24) is 10.2 Å². The summed E-state index contributed by atoms with van der Waals surface area (Å²) in [6.07, 6.45) is 2.29. The number of fused-ring (bicyclic) bond motifs is 1. The zero-order valence-corrected chi connectivity index (χ0v) is 15.0. The van der Waals surface area contributed by atoms with Crippen LogP contribution in [0.4, 0.5) is 0 Å². The summed E-state index contributed by atoms with van der Waals surface area (Å²) in [5.74, 6) is 0.985. The van der Waals surface area contributed by atoms with Gasteiger partial charge in [-0.2, -0.15) is 0 Å². The standard InChI is InChI=1S/C21H22N2O4/c24-20(22-11-10-15-5-2-1-3-6-15)17-7-4-12-23(17)21(25)16-8-9-18-19(13-16)27-14-26-18/h1-3,5-6,8-9,13,17H,4,7,10-12,14H2,(H,22,24)/t17-/m1/s1. The summed E-state index contributed by atoms with van der Waals surface area (Å²) >= 11 is 0. The van der Waals surface area contributed by atoms with Gasteiger partial charge in [0.15, 0.2) is 11.5 Å². The number of nitrogens with zero attached hydrogens (tertiary/aromatic N) is 1. The fourth-order valence-electron chi connectivity index (χ4n) is 3.57. The molecule has 140 valence electrons. The van der Waals surface area contributed by atoms with Crippen molar-refractivity contribution in [2.75, 3.05) is 19.9 Å². The van der Waals surface area contributed by atoms with Crippen molar-refractivity contribution in [2.45, 2.75) is 25.3 Å². The van der Waals surface area contributed by atoms with Crippen LogP contribution >= 0.6 is 0 Å². The van der Waals surface area contributed by atoms with Crippen LogP contribution in [-0.2, 0) is 11.2 Å². The number of carbonyl (C=O) groups is 2. The zero-order valence-electron chi connectivity index (χ0n) is 15.0. The average Bonchev–Trinajstić information content (AvgIpc) is 3.37. The second kappa shape index (κ2) is 7.70. The molecule has 1 atom stereocenters. The Bertz CT molecular complexity index is 837. The highest BCUT2D eigenvalue weighted by atomic mass is 16.7. The minimum Gasteiger partial charge on any atom is -0.454 e. The Kier molecular flexibility index (Phi) is 4.96. The number of nitrogens with one attached hydrogen (secondary N) is 1. The molecule has 0 saturated carbocycles. The van der Waals surface area contributed by atoms with Gasteiger partial charge in [-0.15, -0.1) is 0 Å². The number of rotatable bonds is 5. The maximum absolute atomic E-state index is 12.9. The third kappa shape index (κ3) is 3.74. The fraction of sp³-hybridized carbons (Fsp3) is 0.333. The summed E-state index contributed by atoms with van der Waals surface area (Å²) in [5, 5.41) is 2.97. The van der Waals surface area contributed by atoms with Gasteiger partial charge in [-0.25, -0.2) is 0 Å². The lowest BCUT2D eigenvalue weighted by molar-refractivity contribution is -0.124. The molecular weight excluding hydrogens is 344 g/mol. The van der Waals surface area contributed by atoms with Gasteiger partial charge in [0.25, 0.3) is 5.91 Å². The lowest BCUT2D eigenvalue weighted by Gasteiger charge is -2.24. The number of hydrogen-bond acceptors (Lipinski definition) is 4. The number of hydrogen-bond donors (Lipinski definition) is 1. The largest absolute Gasteiger partial charge is 0.454 e. The molecule has 0 aromatic heterocycles. The Labute approximate surface area is 158 Å². The second-order valence-electron chi connectivity index (χ2n) is 6.75. The molecule has 0 unspecified atom stereocenters. The van der Waals surface area contributed by atoms with Crippen LogP contribution in [-0.4, -0.2) is 42.6 Å². The van der Waals surface area contributed by atoms with Crippen LogP contribution in [0, 0.1) is 0 Å². The topological polar surface area (TPSA) is 67.9 Å². The van der Waals surface area contributed by atoms with Crippen molar-refractivity contribution in [3.05, 3.63) is 59.7 Å². The third-order valence-corrected chi connectivity index (χ3v) is 4.99. The molecule has 2 heterocycles. The lowest BCUT2D eigenvalue weighted by atomic mass is 10.1. The van der Waals surface area contributed by atoms with Crippen LogP contribution in [0.1, 0.15) is 28.8 Å². The molecule has 27 heavy (non-hydrogen) atoms. The van der Waals surface area contributed by atoms with Gasteiger partial charge in [0.2, 0.25) is 12.7 Å². The van der Waals surface area contributed by atoms with Crippen molar-refractivity contribution < 1.29 is 19.1 Å². The third-order valence-electron chi connectivity index (χ3n) is 4.99. The molecule has 6 heteroatoms. The summed E-state index contributed by atoms with van der Waals surface area (Å²) in [6, 6.07) is 14.7. The van der Waals surface area contributed by atoms with Crippen molar-refractivity contribution in [3.63, 3.8) is 0 Å². The first-order valence-electron chi connectivity index (χ1n) is 9.24. The molecule has 0 spiro atoms. The highest BCUT2D eigenvalue weighted by Crippen LogP contribution is 2.33.